The molecular weight excluding hydrogens is 304 g/mol. The van der Waals surface area contributed by atoms with Crippen molar-refractivity contribution in [2.75, 3.05) is 0 Å². The molecule has 0 bridgehead atoms. The fourth-order valence-corrected chi connectivity index (χ4v) is 2.60. The van der Waals surface area contributed by atoms with Gasteiger partial charge in [0.15, 0.2) is 0 Å². The van der Waals surface area contributed by atoms with Crippen molar-refractivity contribution in [1.29, 1.82) is 0 Å². The lowest BCUT2D eigenvalue weighted by atomic mass is 10.2. The van der Waals surface area contributed by atoms with E-state index in [9.17, 15) is 13.6 Å². The smallest absolute Gasteiger partial charge is 0.282 e. The lowest BCUT2D eigenvalue weighted by Crippen LogP contribution is -2.29. The third-order valence-corrected chi connectivity index (χ3v) is 3.91. The number of aryl methyl sites for hydroxylation is 2. The van der Waals surface area contributed by atoms with E-state index in [1.165, 1.54) is 10.7 Å². The highest BCUT2D eigenvalue weighted by Gasteiger charge is 2.30. The molecule has 0 unspecified atom stereocenters. The Kier molecular flexibility index (Phi) is 4.14. The molecule has 0 radical (unpaired) electrons. The number of carbonyl (C=O) groups excluding carboxylic acids is 1. The van der Waals surface area contributed by atoms with Crippen molar-refractivity contribution < 1.29 is 13.6 Å². The maximum Gasteiger partial charge on any atom is 0.282 e. The third-order valence-electron chi connectivity index (χ3n) is 3.91. The largest absolute Gasteiger partial charge is 0.349 e. The summed E-state index contributed by atoms with van der Waals surface area (Å²) < 4.78 is 28.7. The van der Waals surface area contributed by atoms with Crippen LogP contribution in [-0.2, 0) is 24.9 Å². The van der Waals surface area contributed by atoms with Gasteiger partial charge in [-0.05, 0) is 31.9 Å². The summed E-state index contributed by atoms with van der Waals surface area (Å²) in [5.74, 6) is -0.00260. The molecule has 2 aromatic rings. The summed E-state index contributed by atoms with van der Waals surface area (Å²) in [6.45, 7) is 2.18. The van der Waals surface area contributed by atoms with Gasteiger partial charge in [-0.25, -0.2) is 8.78 Å². The second-order valence-corrected chi connectivity index (χ2v) is 5.90. The molecule has 1 amide bonds. The molecule has 1 N–H and O–H groups in total. The van der Waals surface area contributed by atoms with E-state index in [0.717, 1.165) is 29.9 Å². The van der Waals surface area contributed by atoms with E-state index in [0.29, 0.717) is 6.54 Å². The summed E-state index contributed by atoms with van der Waals surface area (Å²) in [4.78, 5) is 12.1. The van der Waals surface area contributed by atoms with Crippen LogP contribution >= 0.6 is 0 Å². The lowest BCUT2D eigenvalue weighted by Gasteiger charge is -2.08. The molecule has 1 fully saturated rings. The number of aromatic nitrogens is 4. The fourth-order valence-electron chi connectivity index (χ4n) is 2.60. The van der Waals surface area contributed by atoms with E-state index in [4.69, 9.17) is 0 Å². The highest BCUT2D eigenvalue weighted by molar-refractivity contribution is 5.75. The van der Waals surface area contributed by atoms with Crippen LogP contribution in [0.15, 0.2) is 12.1 Å². The standard InChI is InChI=1S/C15H19F2N5O/c1-9-5-11(21(2)19-9)7-18-14(23)8-22-13(10-3-4-10)6-12(20-22)15(16)17/h5-6,10,15H,3-4,7-8H2,1-2H3,(H,18,23). The Balaban J connectivity index is 1.64. The molecule has 0 saturated heterocycles. The van der Waals surface area contributed by atoms with Crippen LogP contribution in [-0.4, -0.2) is 25.5 Å². The minimum absolute atomic E-state index is 0.0462. The zero-order chi connectivity index (χ0) is 16.6. The van der Waals surface area contributed by atoms with Crippen molar-refractivity contribution in [3.8, 4) is 0 Å². The first-order chi connectivity index (χ1) is 10.9. The van der Waals surface area contributed by atoms with Gasteiger partial charge in [0.2, 0.25) is 5.91 Å². The van der Waals surface area contributed by atoms with Crippen molar-refractivity contribution in [2.24, 2.45) is 7.05 Å². The van der Waals surface area contributed by atoms with E-state index in [-0.39, 0.29) is 24.1 Å². The number of rotatable bonds is 6. The number of carbonyl (C=O) groups is 1. The predicted molar refractivity (Wildman–Crippen MR) is 79.0 cm³/mol. The van der Waals surface area contributed by atoms with Gasteiger partial charge in [-0.15, -0.1) is 0 Å². The molecule has 0 spiro atoms. The summed E-state index contributed by atoms with van der Waals surface area (Å²) in [6, 6.07) is 3.30. The average molecular weight is 323 g/mol. The maximum absolute atomic E-state index is 12.8. The third kappa shape index (κ3) is 3.57. The van der Waals surface area contributed by atoms with Crippen LogP contribution in [0.5, 0.6) is 0 Å². The van der Waals surface area contributed by atoms with Crippen LogP contribution in [0, 0.1) is 6.92 Å². The summed E-state index contributed by atoms with van der Waals surface area (Å²) >= 11 is 0. The topological polar surface area (TPSA) is 64.7 Å². The number of alkyl halides is 2. The van der Waals surface area contributed by atoms with Crippen molar-refractivity contribution in [1.82, 2.24) is 24.9 Å². The van der Waals surface area contributed by atoms with Gasteiger partial charge < -0.3 is 5.32 Å². The Labute approximate surface area is 132 Å². The summed E-state index contributed by atoms with van der Waals surface area (Å²) in [5.41, 5.74) is 2.22. The molecule has 0 aliphatic heterocycles. The van der Waals surface area contributed by atoms with Crippen LogP contribution in [0.3, 0.4) is 0 Å². The van der Waals surface area contributed by atoms with Crippen LogP contribution in [0.2, 0.25) is 0 Å². The zero-order valence-electron chi connectivity index (χ0n) is 13.1. The number of halogens is 2. The first-order valence-electron chi connectivity index (χ1n) is 7.56. The van der Waals surface area contributed by atoms with Crippen molar-refractivity contribution in [3.05, 3.63) is 34.9 Å². The SMILES string of the molecule is Cc1cc(CNC(=O)Cn2nc(C(F)F)cc2C2CC2)n(C)n1. The Morgan fingerprint density at radius 3 is 2.70 bits per heavy atom. The van der Waals surface area contributed by atoms with Gasteiger partial charge in [0.05, 0.1) is 17.9 Å². The Bertz CT molecular complexity index is 718. The van der Waals surface area contributed by atoms with Crippen molar-refractivity contribution in [3.63, 3.8) is 0 Å². The predicted octanol–water partition coefficient (Wildman–Crippen LogP) is 2.06. The van der Waals surface area contributed by atoms with E-state index in [1.54, 1.807) is 4.68 Å². The number of hydrogen-bond acceptors (Lipinski definition) is 3. The average Bonchev–Trinajstić information content (AvgIpc) is 3.15. The minimum atomic E-state index is -2.62. The Hall–Kier alpha value is -2.25. The molecule has 1 aliphatic rings. The minimum Gasteiger partial charge on any atom is -0.349 e. The maximum atomic E-state index is 12.8. The molecule has 6 nitrogen and oxygen atoms in total. The normalized spacial score (nSPS) is 14.5. The molecule has 2 heterocycles. The van der Waals surface area contributed by atoms with Gasteiger partial charge in [-0.2, -0.15) is 10.2 Å². The highest BCUT2D eigenvalue weighted by Crippen LogP contribution is 2.41. The number of nitrogens with zero attached hydrogens (tertiary/aromatic N) is 4. The van der Waals surface area contributed by atoms with E-state index in [2.05, 4.69) is 15.5 Å². The summed E-state index contributed by atoms with van der Waals surface area (Å²) in [5, 5.41) is 10.9. The molecule has 1 aliphatic carbocycles. The second kappa shape index (κ2) is 6.10. The highest BCUT2D eigenvalue weighted by atomic mass is 19.3. The van der Waals surface area contributed by atoms with Crippen LogP contribution in [0.4, 0.5) is 8.78 Å². The van der Waals surface area contributed by atoms with Gasteiger partial charge in [0.25, 0.3) is 6.43 Å². The van der Waals surface area contributed by atoms with E-state index < -0.39 is 6.43 Å². The first kappa shape index (κ1) is 15.6. The molecule has 3 rings (SSSR count). The van der Waals surface area contributed by atoms with Crippen molar-refractivity contribution >= 4 is 5.91 Å². The first-order valence-corrected chi connectivity index (χ1v) is 7.56. The molecule has 23 heavy (non-hydrogen) atoms. The van der Waals surface area contributed by atoms with Gasteiger partial charge >= 0.3 is 0 Å². The zero-order valence-corrected chi connectivity index (χ0v) is 13.1. The van der Waals surface area contributed by atoms with Crippen molar-refractivity contribution in [2.45, 2.75) is 45.2 Å². The van der Waals surface area contributed by atoms with Gasteiger partial charge in [-0.3, -0.25) is 14.2 Å². The monoisotopic (exact) mass is 323 g/mol. The van der Waals surface area contributed by atoms with Crippen LogP contribution in [0.25, 0.3) is 0 Å². The summed E-state index contributed by atoms with van der Waals surface area (Å²) in [6.07, 6.45) is -0.691. The quantitative estimate of drug-likeness (QED) is 0.885. The fraction of sp³-hybridized carbons (Fsp3) is 0.533. The lowest BCUT2D eigenvalue weighted by molar-refractivity contribution is -0.122. The summed E-state index contributed by atoms with van der Waals surface area (Å²) in [7, 11) is 1.81. The van der Waals surface area contributed by atoms with Gasteiger partial charge in [0.1, 0.15) is 12.2 Å². The number of nitrogens with one attached hydrogen (secondary N) is 1. The van der Waals surface area contributed by atoms with Crippen LogP contribution in [0.1, 0.15) is 48.0 Å². The molecule has 8 heteroatoms. The van der Waals surface area contributed by atoms with Gasteiger partial charge in [-0.1, -0.05) is 0 Å². The number of amides is 1. The van der Waals surface area contributed by atoms with E-state index in [1.807, 2.05) is 20.0 Å². The Morgan fingerprint density at radius 1 is 1.39 bits per heavy atom. The molecule has 0 atom stereocenters. The van der Waals surface area contributed by atoms with E-state index >= 15 is 0 Å². The molecule has 2 aromatic heterocycles. The molecule has 0 aromatic carbocycles. The number of hydrogen-bond donors (Lipinski definition) is 1. The van der Waals surface area contributed by atoms with Crippen LogP contribution < -0.4 is 5.32 Å². The second-order valence-electron chi connectivity index (χ2n) is 5.90. The Morgan fingerprint density at radius 2 is 2.13 bits per heavy atom. The van der Waals surface area contributed by atoms with Gasteiger partial charge in [0, 0.05) is 18.7 Å². The molecular formula is C15H19F2N5O. The molecule has 124 valence electrons. The molecule has 1 saturated carbocycles.